The van der Waals surface area contributed by atoms with E-state index in [0.717, 1.165) is 12.8 Å². The van der Waals surface area contributed by atoms with E-state index in [1.807, 2.05) is 0 Å². The second kappa shape index (κ2) is 10.4. The highest BCUT2D eigenvalue weighted by molar-refractivity contribution is 8.00. The molecule has 4 N–H and O–H groups in total. The molecule has 10 heteroatoms. The molecule has 1 aliphatic carbocycles. The van der Waals surface area contributed by atoms with Crippen LogP contribution in [0.5, 0.6) is 0 Å². The maximum absolute atomic E-state index is 12.2. The zero-order valence-corrected chi connectivity index (χ0v) is 17.6. The van der Waals surface area contributed by atoms with Gasteiger partial charge in [-0.3, -0.25) is 19.7 Å². The van der Waals surface area contributed by atoms with Gasteiger partial charge in [0, 0.05) is 30.6 Å². The van der Waals surface area contributed by atoms with Crippen LogP contribution in [0.2, 0.25) is 0 Å². The summed E-state index contributed by atoms with van der Waals surface area (Å²) in [7, 11) is 0. The van der Waals surface area contributed by atoms with E-state index in [1.54, 1.807) is 31.2 Å². The van der Waals surface area contributed by atoms with Crippen molar-refractivity contribution in [3.8, 4) is 0 Å². The molecule has 3 amide bonds. The van der Waals surface area contributed by atoms with Crippen LogP contribution in [0.3, 0.4) is 0 Å². The molecule has 2 fully saturated rings. The summed E-state index contributed by atoms with van der Waals surface area (Å²) in [5.41, 5.74) is 0.529. The molecule has 0 aromatic heterocycles. The standard InChI is InChI=1S/C20H26N4O5S/c1-2-29-19(28)12-3-5-13(6-4-12)22-18(27)11-30-20-23-15(10-17(26)24-20)9-16(25)21-14-7-8-14/h3-6,14-15,20,23H,2,7-11H2,1H3,(H,21,25)(H,22,27)(H,24,26). The quantitative estimate of drug-likeness (QED) is 0.427. The molecule has 162 valence electrons. The fourth-order valence-electron chi connectivity index (χ4n) is 2.96. The van der Waals surface area contributed by atoms with Gasteiger partial charge in [-0.1, -0.05) is 0 Å². The molecule has 9 nitrogen and oxygen atoms in total. The largest absolute Gasteiger partial charge is 0.462 e. The van der Waals surface area contributed by atoms with Crippen LogP contribution >= 0.6 is 11.8 Å². The molecule has 0 bridgehead atoms. The first-order chi connectivity index (χ1) is 14.4. The number of thioether (sulfide) groups is 1. The molecule has 0 radical (unpaired) electrons. The van der Waals surface area contributed by atoms with Gasteiger partial charge in [0.15, 0.2) is 0 Å². The first kappa shape index (κ1) is 22.1. The van der Waals surface area contributed by atoms with E-state index >= 15 is 0 Å². The Hall–Kier alpha value is -2.59. The fourth-order valence-corrected chi connectivity index (χ4v) is 3.86. The maximum atomic E-state index is 12.2. The number of carbonyl (C=O) groups is 4. The van der Waals surface area contributed by atoms with E-state index < -0.39 is 11.5 Å². The molecule has 1 aromatic carbocycles. The third-order valence-corrected chi connectivity index (χ3v) is 5.56. The number of amides is 3. The Labute approximate surface area is 179 Å². The van der Waals surface area contributed by atoms with Gasteiger partial charge in [0.25, 0.3) is 0 Å². The molecule has 1 saturated carbocycles. The Bertz CT molecular complexity index is 797. The molecule has 1 aromatic rings. The SMILES string of the molecule is CCOC(=O)c1ccc(NC(=O)CSC2NC(=O)CC(CC(=O)NC3CC3)N2)cc1. The summed E-state index contributed by atoms with van der Waals surface area (Å²) >= 11 is 1.24. The van der Waals surface area contributed by atoms with Crippen LogP contribution in [0.4, 0.5) is 5.69 Å². The van der Waals surface area contributed by atoms with Crippen molar-refractivity contribution in [1.29, 1.82) is 0 Å². The number of hydrogen-bond donors (Lipinski definition) is 4. The van der Waals surface area contributed by atoms with Gasteiger partial charge < -0.3 is 20.7 Å². The summed E-state index contributed by atoms with van der Waals surface area (Å²) in [6.07, 6.45) is 2.50. The van der Waals surface area contributed by atoms with Gasteiger partial charge >= 0.3 is 5.97 Å². The summed E-state index contributed by atoms with van der Waals surface area (Å²) in [5.74, 6) is -0.750. The van der Waals surface area contributed by atoms with Crippen LogP contribution in [-0.2, 0) is 19.1 Å². The Morgan fingerprint density at radius 3 is 2.57 bits per heavy atom. The van der Waals surface area contributed by atoms with E-state index in [9.17, 15) is 19.2 Å². The molecular formula is C20H26N4O5S. The van der Waals surface area contributed by atoms with E-state index in [1.165, 1.54) is 11.8 Å². The number of benzene rings is 1. The van der Waals surface area contributed by atoms with E-state index in [2.05, 4.69) is 21.3 Å². The van der Waals surface area contributed by atoms with Gasteiger partial charge in [-0.05, 0) is 44.0 Å². The monoisotopic (exact) mass is 434 g/mol. The van der Waals surface area contributed by atoms with E-state index in [0.29, 0.717) is 17.9 Å². The smallest absolute Gasteiger partial charge is 0.338 e. The lowest BCUT2D eigenvalue weighted by atomic mass is 10.1. The summed E-state index contributed by atoms with van der Waals surface area (Å²) < 4.78 is 4.92. The Morgan fingerprint density at radius 2 is 1.90 bits per heavy atom. The van der Waals surface area contributed by atoms with E-state index in [4.69, 9.17) is 4.74 Å². The lowest BCUT2D eigenvalue weighted by molar-refractivity contribution is -0.125. The minimum absolute atomic E-state index is 0.0579. The molecule has 3 rings (SSSR count). The topological polar surface area (TPSA) is 126 Å². The number of hydrogen-bond acceptors (Lipinski definition) is 7. The van der Waals surface area contributed by atoms with Crippen molar-refractivity contribution in [2.45, 2.75) is 50.2 Å². The Morgan fingerprint density at radius 1 is 1.17 bits per heavy atom. The van der Waals surface area contributed by atoms with Crippen LogP contribution in [0.25, 0.3) is 0 Å². The zero-order valence-electron chi connectivity index (χ0n) is 16.7. The molecule has 2 unspecified atom stereocenters. The van der Waals surface area contributed by atoms with Gasteiger partial charge in [0.05, 0.1) is 17.9 Å². The maximum Gasteiger partial charge on any atom is 0.338 e. The third-order valence-electron chi connectivity index (χ3n) is 4.55. The summed E-state index contributed by atoms with van der Waals surface area (Å²) in [6.45, 7) is 2.03. The van der Waals surface area contributed by atoms with Crippen molar-refractivity contribution < 1.29 is 23.9 Å². The van der Waals surface area contributed by atoms with Gasteiger partial charge in [-0.25, -0.2) is 4.79 Å². The Kier molecular flexibility index (Phi) is 7.69. The minimum Gasteiger partial charge on any atom is -0.462 e. The van der Waals surface area contributed by atoms with Crippen LogP contribution in [-0.4, -0.2) is 53.6 Å². The predicted molar refractivity (Wildman–Crippen MR) is 113 cm³/mol. The van der Waals surface area contributed by atoms with Gasteiger partial charge in [0.1, 0.15) is 5.50 Å². The highest BCUT2D eigenvalue weighted by atomic mass is 32.2. The van der Waals surface area contributed by atoms with Crippen molar-refractivity contribution in [2.75, 3.05) is 17.7 Å². The van der Waals surface area contributed by atoms with Gasteiger partial charge in [-0.15, -0.1) is 11.8 Å². The molecule has 1 aliphatic heterocycles. The van der Waals surface area contributed by atoms with Crippen molar-refractivity contribution in [2.24, 2.45) is 0 Å². The molecule has 1 saturated heterocycles. The molecule has 30 heavy (non-hydrogen) atoms. The van der Waals surface area contributed by atoms with E-state index in [-0.39, 0.29) is 48.4 Å². The minimum atomic E-state index is -0.443. The summed E-state index contributed by atoms with van der Waals surface area (Å²) in [5, 5.41) is 11.6. The normalized spacial score (nSPS) is 20.8. The highest BCUT2D eigenvalue weighted by Gasteiger charge is 2.30. The molecule has 1 heterocycles. The lowest BCUT2D eigenvalue weighted by Gasteiger charge is -2.30. The number of carbonyl (C=O) groups excluding carboxylic acids is 4. The first-order valence-corrected chi connectivity index (χ1v) is 11.0. The number of nitrogens with one attached hydrogen (secondary N) is 4. The van der Waals surface area contributed by atoms with Crippen molar-refractivity contribution >= 4 is 41.1 Å². The second-order valence-corrected chi connectivity index (χ2v) is 8.31. The molecular weight excluding hydrogens is 408 g/mol. The van der Waals surface area contributed by atoms with Crippen LogP contribution in [0.15, 0.2) is 24.3 Å². The zero-order chi connectivity index (χ0) is 21.5. The fraction of sp³-hybridized carbons (Fsp3) is 0.500. The van der Waals surface area contributed by atoms with Crippen molar-refractivity contribution in [3.63, 3.8) is 0 Å². The van der Waals surface area contributed by atoms with Crippen LogP contribution in [0, 0.1) is 0 Å². The number of anilines is 1. The average molecular weight is 435 g/mol. The second-order valence-electron chi connectivity index (χ2n) is 7.22. The molecule has 0 spiro atoms. The van der Waals surface area contributed by atoms with Crippen molar-refractivity contribution in [1.82, 2.24) is 16.0 Å². The lowest BCUT2D eigenvalue weighted by Crippen LogP contribution is -2.56. The van der Waals surface area contributed by atoms with Crippen LogP contribution < -0.4 is 21.3 Å². The third kappa shape index (κ3) is 7.03. The first-order valence-electron chi connectivity index (χ1n) is 9.96. The summed E-state index contributed by atoms with van der Waals surface area (Å²) in [6, 6.07) is 6.46. The van der Waals surface area contributed by atoms with Crippen LogP contribution in [0.1, 0.15) is 43.0 Å². The number of esters is 1. The average Bonchev–Trinajstić information content (AvgIpc) is 3.50. The molecule has 2 atom stereocenters. The highest BCUT2D eigenvalue weighted by Crippen LogP contribution is 2.20. The summed E-state index contributed by atoms with van der Waals surface area (Å²) in [4.78, 5) is 47.8. The van der Waals surface area contributed by atoms with Gasteiger partial charge in [-0.2, -0.15) is 0 Å². The Balaban J connectivity index is 1.42. The van der Waals surface area contributed by atoms with Gasteiger partial charge in [0.2, 0.25) is 17.7 Å². The predicted octanol–water partition coefficient (Wildman–Crippen LogP) is 0.965. The molecule has 2 aliphatic rings. The van der Waals surface area contributed by atoms with Crippen molar-refractivity contribution in [3.05, 3.63) is 29.8 Å². The number of rotatable bonds is 9. The number of ether oxygens (including phenoxy) is 1.